The summed E-state index contributed by atoms with van der Waals surface area (Å²) < 4.78 is 5.49. The number of nitrogens with zero attached hydrogens (tertiary/aromatic N) is 2. The van der Waals surface area contributed by atoms with E-state index in [0.717, 1.165) is 0 Å². The van der Waals surface area contributed by atoms with Gasteiger partial charge in [0.2, 0.25) is 0 Å². The van der Waals surface area contributed by atoms with E-state index < -0.39 is 4.92 Å². The van der Waals surface area contributed by atoms with Crippen molar-refractivity contribution < 1.29 is 9.34 Å². The zero-order valence-corrected chi connectivity index (χ0v) is 9.54. The average molecular weight is 316 g/mol. The van der Waals surface area contributed by atoms with Gasteiger partial charge in [-0.2, -0.15) is 0 Å². The zero-order chi connectivity index (χ0) is 10.8. The molecule has 0 radical (unpaired) electrons. The van der Waals surface area contributed by atoms with Crippen LogP contribution in [0.15, 0.2) is 34.9 Å². The molecule has 2 heterocycles. The lowest BCUT2D eigenvalue weighted by Crippen LogP contribution is -1.94. The summed E-state index contributed by atoms with van der Waals surface area (Å²) in [6, 6.07) is 6.49. The zero-order valence-electron chi connectivity index (χ0n) is 7.38. The Morgan fingerprint density at radius 2 is 2.20 bits per heavy atom. The summed E-state index contributed by atoms with van der Waals surface area (Å²) in [7, 11) is 0. The summed E-state index contributed by atoms with van der Waals surface area (Å²) in [4.78, 5) is 14.2. The molecule has 0 atom stereocenters. The summed E-state index contributed by atoms with van der Waals surface area (Å²) in [6.07, 6.45) is 1.53. The topological polar surface area (TPSA) is 69.2 Å². The minimum absolute atomic E-state index is 0.00547. The molecule has 5 nitrogen and oxygen atoms in total. The smallest absolute Gasteiger partial charge is 0.301 e. The second-order valence-electron chi connectivity index (χ2n) is 2.74. The van der Waals surface area contributed by atoms with Crippen LogP contribution >= 0.6 is 22.6 Å². The van der Waals surface area contributed by atoms with Gasteiger partial charge in [-0.05, 0) is 40.8 Å². The Labute approximate surface area is 98.4 Å². The molecule has 0 saturated heterocycles. The van der Waals surface area contributed by atoms with Gasteiger partial charge in [-0.15, -0.1) is 0 Å². The van der Waals surface area contributed by atoms with Crippen LogP contribution in [-0.4, -0.2) is 9.91 Å². The fraction of sp³-hybridized carbons (Fsp3) is 0. The first-order chi connectivity index (χ1) is 7.18. The van der Waals surface area contributed by atoms with E-state index in [2.05, 4.69) is 4.98 Å². The second kappa shape index (κ2) is 3.97. The van der Waals surface area contributed by atoms with Crippen molar-refractivity contribution in [3.8, 4) is 11.5 Å². The van der Waals surface area contributed by atoms with Crippen molar-refractivity contribution in [1.82, 2.24) is 4.98 Å². The van der Waals surface area contributed by atoms with Crippen LogP contribution in [-0.2, 0) is 0 Å². The normalized spacial score (nSPS) is 10.2. The van der Waals surface area contributed by atoms with Crippen LogP contribution < -0.4 is 0 Å². The summed E-state index contributed by atoms with van der Waals surface area (Å²) >= 11 is 1.83. The molecule has 0 unspecified atom stereocenters. The molecule has 76 valence electrons. The highest BCUT2D eigenvalue weighted by molar-refractivity contribution is 14.1. The monoisotopic (exact) mass is 316 g/mol. The Bertz CT molecular complexity index is 496. The van der Waals surface area contributed by atoms with Gasteiger partial charge in [-0.1, -0.05) is 0 Å². The van der Waals surface area contributed by atoms with Crippen LogP contribution in [0.5, 0.6) is 0 Å². The molecule has 2 aromatic heterocycles. The van der Waals surface area contributed by atoms with Gasteiger partial charge in [0.15, 0.2) is 9.46 Å². The first kappa shape index (κ1) is 10.1. The van der Waals surface area contributed by atoms with Gasteiger partial charge in [0, 0.05) is 6.07 Å². The summed E-state index contributed by atoms with van der Waals surface area (Å²) in [5, 5.41) is 10.6. The first-order valence-corrected chi connectivity index (χ1v) is 5.11. The summed E-state index contributed by atoms with van der Waals surface area (Å²) in [6.45, 7) is 0. The largest absolute Gasteiger partial charge is 0.463 e. The summed E-state index contributed by atoms with van der Waals surface area (Å²) in [5.41, 5.74) is 0.598. The van der Waals surface area contributed by atoms with E-state index in [1.54, 1.807) is 18.2 Å². The van der Waals surface area contributed by atoms with Gasteiger partial charge in [0.25, 0.3) is 0 Å². The lowest BCUT2D eigenvalue weighted by molar-refractivity contribution is -0.386. The molecule has 2 aromatic rings. The predicted molar refractivity (Wildman–Crippen MR) is 61.3 cm³/mol. The molecule has 0 spiro atoms. The van der Waals surface area contributed by atoms with Crippen molar-refractivity contribution in [3.05, 3.63) is 44.3 Å². The number of nitro groups is 1. The van der Waals surface area contributed by atoms with Gasteiger partial charge in [-0.3, -0.25) is 10.1 Å². The number of hydrogen-bond acceptors (Lipinski definition) is 4. The van der Waals surface area contributed by atoms with Crippen LogP contribution in [0.3, 0.4) is 0 Å². The maximum absolute atomic E-state index is 10.6. The van der Waals surface area contributed by atoms with E-state index in [4.69, 9.17) is 4.42 Å². The van der Waals surface area contributed by atoms with Gasteiger partial charge < -0.3 is 4.42 Å². The van der Waals surface area contributed by atoms with Crippen LogP contribution in [0, 0.1) is 13.8 Å². The molecule has 0 saturated carbocycles. The third-order valence-electron chi connectivity index (χ3n) is 1.80. The predicted octanol–water partition coefficient (Wildman–Crippen LogP) is 2.85. The van der Waals surface area contributed by atoms with Crippen LogP contribution in [0.1, 0.15) is 0 Å². The molecule has 0 N–H and O–H groups in total. The van der Waals surface area contributed by atoms with Crippen molar-refractivity contribution in [2.45, 2.75) is 0 Å². The lowest BCUT2D eigenvalue weighted by atomic mass is 10.3. The molecule has 0 aliphatic carbocycles. The molecule has 0 aromatic carbocycles. The van der Waals surface area contributed by atoms with E-state index in [1.807, 2.05) is 22.6 Å². The standard InChI is InChI=1S/C9H5IN2O3/c10-9-7(12(13)14)4-3-6(11-9)8-2-1-5-15-8/h1-5H. The van der Waals surface area contributed by atoms with Crippen LogP contribution in [0.25, 0.3) is 11.5 Å². The molecule has 0 bridgehead atoms. The van der Waals surface area contributed by atoms with E-state index in [0.29, 0.717) is 15.2 Å². The van der Waals surface area contributed by atoms with E-state index in [9.17, 15) is 10.1 Å². The number of hydrogen-bond donors (Lipinski definition) is 0. The Morgan fingerprint density at radius 1 is 1.40 bits per heavy atom. The van der Waals surface area contributed by atoms with Gasteiger partial charge in [0.05, 0.1) is 11.2 Å². The number of halogens is 1. The highest BCUT2D eigenvalue weighted by atomic mass is 127. The SMILES string of the molecule is O=[N+]([O-])c1ccc(-c2ccco2)nc1I. The molecule has 0 aliphatic rings. The minimum Gasteiger partial charge on any atom is -0.463 e. The van der Waals surface area contributed by atoms with Gasteiger partial charge >= 0.3 is 5.69 Å². The van der Waals surface area contributed by atoms with E-state index in [-0.39, 0.29) is 5.69 Å². The molecule has 6 heteroatoms. The highest BCUT2D eigenvalue weighted by Gasteiger charge is 2.14. The number of aromatic nitrogens is 1. The average Bonchev–Trinajstić information content (AvgIpc) is 2.69. The molecule has 0 fully saturated rings. The summed E-state index contributed by atoms with van der Waals surface area (Å²) in [5.74, 6) is 0.600. The highest BCUT2D eigenvalue weighted by Crippen LogP contribution is 2.24. The Balaban J connectivity index is 2.47. The maximum Gasteiger partial charge on any atom is 0.301 e. The van der Waals surface area contributed by atoms with E-state index >= 15 is 0 Å². The van der Waals surface area contributed by atoms with Crippen molar-refractivity contribution in [3.63, 3.8) is 0 Å². The third-order valence-corrected chi connectivity index (χ3v) is 2.59. The number of pyridine rings is 1. The Morgan fingerprint density at radius 3 is 2.73 bits per heavy atom. The van der Waals surface area contributed by atoms with Crippen molar-refractivity contribution in [2.75, 3.05) is 0 Å². The van der Waals surface area contributed by atoms with Crippen molar-refractivity contribution in [1.29, 1.82) is 0 Å². The Kier molecular flexibility index (Phi) is 2.67. The molecule has 15 heavy (non-hydrogen) atoms. The molecule has 2 rings (SSSR count). The van der Waals surface area contributed by atoms with Crippen molar-refractivity contribution in [2.24, 2.45) is 0 Å². The fourth-order valence-corrected chi connectivity index (χ4v) is 1.76. The number of rotatable bonds is 2. The van der Waals surface area contributed by atoms with Crippen LogP contribution in [0.4, 0.5) is 5.69 Å². The molecule has 0 amide bonds. The molecule has 0 aliphatic heterocycles. The molecular formula is C9H5IN2O3. The first-order valence-electron chi connectivity index (χ1n) is 4.03. The van der Waals surface area contributed by atoms with Gasteiger partial charge in [0.1, 0.15) is 5.69 Å². The third kappa shape index (κ3) is 1.99. The fourth-order valence-electron chi connectivity index (χ4n) is 1.12. The van der Waals surface area contributed by atoms with Gasteiger partial charge in [-0.25, -0.2) is 4.98 Å². The van der Waals surface area contributed by atoms with Crippen molar-refractivity contribution >= 4 is 28.3 Å². The number of furan rings is 1. The lowest BCUT2D eigenvalue weighted by Gasteiger charge is -1.97. The second-order valence-corrected chi connectivity index (χ2v) is 3.76. The van der Waals surface area contributed by atoms with E-state index in [1.165, 1.54) is 12.3 Å². The van der Waals surface area contributed by atoms with Crippen LogP contribution in [0.2, 0.25) is 0 Å². The minimum atomic E-state index is -0.458. The quantitative estimate of drug-likeness (QED) is 0.370. The maximum atomic E-state index is 10.6. The Hall–Kier alpha value is -1.44. The molecular weight excluding hydrogens is 311 g/mol.